The Kier molecular flexibility index (Phi) is 4.48. The number of rotatable bonds is 3. The van der Waals surface area contributed by atoms with E-state index in [2.05, 4.69) is 13.8 Å². The normalized spacial score (nSPS) is 35.4. The van der Waals surface area contributed by atoms with E-state index in [1.165, 1.54) is 6.42 Å². The average Bonchev–Trinajstić information content (AvgIpc) is 2.80. The van der Waals surface area contributed by atoms with Gasteiger partial charge in [0.1, 0.15) is 0 Å². The number of piperidine rings is 1. The highest BCUT2D eigenvalue weighted by Crippen LogP contribution is 2.38. The van der Waals surface area contributed by atoms with Gasteiger partial charge < -0.3 is 10.0 Å². The molecule has 4 nitrogen and oxygen atoms in total. The fourth-order valence-electron chi connectivity index (χ4n) is 3.77. The monoisotopic (exact) mass is 267 g/mol. The number of carboxylic acids is 1. The largest absolute Gasteiger partial charge is 0.481 e. The van der Waals surface area contributed by atoms with Crippen molar-refractivity contribution in [3.05, 3.63) is 0 Å². The predicted molar refractivity (Wildman–Crippen MR) is 72.7 cm³/mol. The molecule has 4 atom stereocenters. The summed E-state index contributed by atoms with van der Waals surface area (Å²) in [5.41, 5.74) is 0. The first-order valence-corrected chi connectivity index (χ1v) is 7.57. The maximum Gasteiger partial charge on any atom is 0.307 e. The average molecular weight is 267 g/mol. The third-order valence-corrected chi connectivity index (χ3v) is 4.81. The lowest BCUT2D eigenvalue weighted by molar-refractivity contribution is -0.150. The van der Waals surface area contributed by atoms with Crippen molar-refractivity contribution in [2.24, 2.45) is 17.8 Å². The van der Waals surface area contributed by atoms with Crippen molar-refractivity contribution >= 4 is 11.9 Å². The van der Waals surface area contributed by atoms with E-state index in [4.69, 9.17) is 0 Å². The van der Waals surface area contributed by atoms with Crippen LogP contribution < -0.4 is 0 Å². The molecule has 1 amide bonds. The quantitative estimate of drug-likeness (QED) is 0.854. The van der Waals surface area contributed by atoms with E-state index in [0.29, 0.717) is 18.4 Å². The molecule has 4 unspecified atom stereocenters. The lowest BCUT2D eigenvalue weighted by Crippen LogP contribution is -2.47. The molecule has 4 heteroatoms. The number of carbonyl (C=O) groups excluding carboxylic acids is 1. The van der Waals surface area contributed by atoms with Crippen LogP contribution in [0.25, 0.3) is 0 Å². The molecule has 1 N–H and O–H groups in total. The van der Waals surface area contributed by atoms with Crippen LogP contribution in [0.5, 0.6) is 0 Å². The third-order valence-electron chi connectivity index (χ3n) is 4.81. The fraction of sp³-hybridized carbons (Fsp3) is 0.867. The van der Waals surface area contributed by atoms with Gasteiger partial charge in [-0.05, 0) is 44.4 Å². The van der Waals surface area contributed by atoms with E-state index in [-0.39, 0.29) is 11.8 Å². The Hall–Kier alpha value is -1.06. The number of carbonyl (C=O) groups is 2. The maximum atomic E-state index is 12.7. The molecule has 0 bridgehead atoms. The van der Waals surface area contributed by atoms with Gasteiger partial charge in [0.25, 0.3) is 0 Å². The first kappa shape index (κ1) is 14.4. The Morgan fingerprint density at radius 3 is 2.53 bits per heavy atom. The van der Waals surface area contributed by atoms with Crippen molar-refractivity contribution in [2.75, 3.05) is 6.54 Å². The number of carboxylic acid groups (broad SMARTS) is 1. The summed E-state index contributed by atoms with van der Waals surface area (Å²) in [7, 11) is 0. The molecule has 2 rings (SSSR count). The molecule has 1 saturated heterocycles. The van der Waals surface area contributed by atoms with Crippen LogP contribution >= 0.6 is 0 Å². The van der Waals surface area contributed by atoms with Gasteiger partial charge in [0.2, 0.25) is 5.91 Å². The van der Waals surface area contributed by atoms with Gasteiger partial charge in [-0.3, -0.25) is 9.59 Å². The van der Waals surface area contributed by atoms with Gasteiger partial charge in [0, 0.05) is 12.6 Å². The molecule has 19 heavy (non-hydrogen) atoms. The first-order chi connectivity index (χ1) is 9.04. The van der Waals surface area contributed by atoms with Crippen LogP contribution in [0.3, 0.4) is 0 Å². The summed E-state index contributed by atoms with van der Waals surface area (Å²) in [5, 5.41) is 9.30. The standard InChI is InChI=1S/C15H25NO3/c1-3-11-6-4-5-7-16(11)14(17)12-8-10(2)9-13(12)15(18)19/h10-13H,3-9H2,1-2H3,(H,18,19). The lowest BCUT2D eigenvalue weighted by atomic mass is 9.91. The van der Waals surface area contributed by atoms with Gasteiger partial charge in [-0.25, -0.2) is 0 Å². The molecule has 1 saturated carbocycles. The lowest BCUT2D eigenvalue weighted by Gasteiger charge is -2.37. The van der Waals surface area contributed by atoms with Crippen LogP contribution in [0.4, 0.5) is 0 Å². The number of hydrogen-bond donors (Lipinski definition) is 1. The van der Waals surface area contributed by atoms with Crippen molar-refractivity contribution in [2.45, 2.75) is 58.4 Å². The number of hydrogen-bond acceptors (Lipinski definition) is 2. The van der Waals surface area contributed by atoms with E-state index in [1.807, 2.05) is 4.90 Å². The van der Waals surface area contributed by atoms with E-state index in [1.54, 1.807) is 0 Å². The second-order valence-corrected chi connectivity index (χ2v) is 6.22. The second kappa shape index (κ2) is 5.93. The van der Waals surface area contributed by atoms with Gasteiger partial charge in [0.05, 0.1) is 11.8 Å². The molecule has 1 aliphatic heterocycles. The van der Waals surface area contributed by atoms with Crippen molar-refractivity contribution < 1.29 is 14.7 Å². The molecule has 0 spiro atoms. The maximum absolute atomic E-state index is 12.7. The first-order valence-electron chi connectivity index (χ1n) is 7.57. The van der Waals surface area contributed by atoms with Crippen LogP contribution in [0, 0.1) is 17.8 Å². The third kappa shape index (κ3) is 2.93. The number of amides is 1. The molecular weight excluding hydrogens is 242 g/mol. The highest BCUT2D eigenvalue weighted by Gasteiger charge is 2.43. The van der Waals surface area contributed by atoms with Crippen molar-refractivity contribution in [1.82, 2.24) is 4.90 Å². The molecule has 108 valence electrons. The van der Waals surface area contributed by atoms with E-state index in [0.717, 1.165) is 32.2 Å². The van der Waals surface area contributed by atoms with E-state index in [9.17, 15) is 14.7 Å². The Morgan fingerprint density at radius 1 is 1.21 bits per heavy atom. The Morgan fingerprint density at radius 2 is 1.89 bits per heavy atom. The van der Waals surface area contributed by atoms with Gasteiger partial charge in [0.15, 0.2) is 0 Å². The number of nitrogens with zero attached hydrogens (tertiary/aromatic N) is 1. The summed E-state index contributed by atoms with van der Waals surface area (Å²) in [6.45, 7) is 4.98. The Bertz CT molecular complexity index is 355. The predicted octanol–water partition coefficient (Wildman–Crippen LogP) is 2.52. The van der Waals surface area contributed by atoms with Gasteiger partial charge in [-0.15, -0.1) is 0 Å². The number of aliphatic carboxylic acids is 1. The summed E-state index contributed by atoms with van der Waals surface area (Å²) in [5.74, 6) is -1.11. The smallest absolute Gasteiger partial charge is 0.307 e. The summed E-state index contributed by atoms with van der Waals surface area (Å²) in [6, 6.07) is 0.326. The van der Waals surface area contributed by atoms with Crippen molar-refractivity contribution in [1.29, 1.82) is 0 Å². The summed E-state index contributed by atoms with van der Waals surface area (Å²) < 4.78 is 0. The highest BCUT2D eigenvalue weighted by atomic mass is 16.4. The zero-order chi connectivity index (χ0) is 14.0. The zero-order valence-electron chi connectivity index (χ0n) is 12.0. The van der Waals surface area contributed by atoms with Crippen molar-refractivity contribution in [3.8, 4) is 0 Å². The molecule has 0 aromatic heterocycles. The molecule has 0 aromatic rings. The van der Waals surface area contributed by atoms with Crippen LogP contribution in [0.15, 0.2) is 0 Å². The van der Waals surface area contributed by atoms with Crippen LogP contribution in [0.2, 0.25) is 0 Å². The minimum Gasteiger partial charge on any atom is -0.481 e. The van der Waals surface area contributed by atoms with Gasteiger partial charge in [-0.2, -0.15) is 0 Å². The molecule has 0 radical (unpaired) electrons. The summed E-state index contributed by atoms with van der Waals surface area (Å²) in [6.07, 6.45) is 5.68. The van der Waals surface area contributed by atoms with E-state index < -0.39 is 11.9 Å². The molecular formula is C15H25NO3. The van der Waals surface area contributed by atoms with Crippen LogP contribution in [0.1, 0.15) is 52.4 Å². The topological polar surface area (TPSA) is 57.6 Å². The Labute approximate surface area is 115 Å². The fourth-order valence-corrected chi connectivity index (χ4v) is 3.77. The van der Waals surface area contributed by atoms with Gasteiger partial charge in [-0.1, -0.05) is 13.8 Å². The summed E-state index contributed by atoms with van der Waals surface area (Å²) in [4.78, 5) is 26.0. The van der Waals surface area contributed by atoms with Crippen molar-refractivity contribution in [3.63, 3.8) is 0 Å². The van der Waals surface area contributed by atoms with Crippen LogP contribution in [-0.2, 0) is 9.59 Å². The zero-order valence-corrected chi connectivity index (χ0v) is 12.0. The molecule has 2 fully saturated rings. The van der Waals surface area contributed by atoms with E-state index >= 15 is 0 Å². The second-order valence-electron chi connectivity index (χ2n) is 6.22. The molecule has 1 heterocycles. The minimum absolute atomic E-state index is 0.100. The van der Waals surface area contributed by atoms with Gasteiger partial charge >= 0.3 is 5.97 Å². The molecule has 1 aliphatic carbocycles. The molecule has 2 aliphatic rings. The minimum atomic E-state index is -0.798. The molecule has 0 aromatic carbocycles. The van der Waals surface area contributed by atoms with Crippen LogP contribution in [-0.4, -0.2) is 34.5 Å². The number of likely N-dealkylation sites (tertiary alicyclic amines) is 1. The highest BCUT2D eigenvalue weighted by molar-refractivity contribution is 5.85. The Balaban J connectivity index is 2.11. The summed E-state index contributed by atoms with van der Waals surface area (Å²) >= 11 is 0. The SMILES string of the molecule is CCC1CCCCN1C(=O)C1CC(C)CC1C(=O)O.